The van der Waals surface area contributed by atoms with E-state index in [1.165, 1.54) is 16.8 Å². The maximum absolute atomic E-state index is 12.4. The van der Waals surface area contributed by atoms with Gasteiger partial charge in [-0.25, -0.2) is 0 Å². The van der Waals surface area contributed by atoms with Crippen molar-refractivity contribution in [3.05, 3.63) is 46.7 Å². The Hall–Kier alpha value is -1.23. The molecule has 0 saturated carbocycles. The fourth-order valence-corrected chi connectivity index (χ4v) is 2.36. The van der Waals surface area contributed by atoms with E-state index >= 15 is 0 Å². The third kappa shape index (κ3) is 3.18. The Morgan fingerprint density at radius 1 is 1.19 bits per heavy atom. The molecule has 0 radical (unpaired) electrons. The van der Waals surface area contributed by atoms with Crippen LogP contribution in [0.3, 0.4) is 0 Å². The highest BCUT2D eigenvalue weighted by atomic mass is 35.6. The van der Waals surface area contributed by atoms with Gasteiger partial charge in [-0.05, 0) is 26.0 Å². The maximum Gasteiger partial charge on any atom is 0.255 e. The SMILES string of the molecule is Cc1cc(C(=O)c2cc(C(=O)C(Cl)(Cl)Cl)n(C)c2)c(C)o1. The highest BCUT2D eigenvalue weighted by Gasteiger charge is 2.34. The molecular formula is C14H12Cl3NO3. The van der Waals surface area contributed by atoms with Crippen molar-refractivity contribution < 1.29 is 14.0 Å². The number of halogens is 3. The summed E-state index contributed by atoms with van der Waals surface area (Å²) in [5.41, 5.74) is 0.932. The van der Waals surface area contributed by atoms with Gasteiger partial charge >= 0.3 is 0 Å². The van der Waals surface area contributed by atoms with Crippen LogP contribution in [0.4, 0.5) is 0 Å². The molecule has 0 aliphatic rings. The van der Waals surface area contributed by atoms with Gasteiger partial charge in [-0.3, -0.25) is 9.59 Å². The Labute approximate surface area is 136 Å². The van der Waals surface area contributed by atoms with E-state index in [-0.39, 0.29) is 11.5 Å². The van der Waals surface area contributed by atoms with Crippen LogP contribution in [0.25, 0.3) is 0 Å². The molecule has 2 rings (SSSR count). The number of carbonyl (C=O) groups excluding carboxylic acids is 2. The molecule has 4 nitrogen and oxygen atoms in total. The fourth-order valence-electron chi connectivity index (χ4n) is 2.07. The number of aryl methyl sites for hydroxylation is 3. The number of carbonyl (C=O) groups is 2. The molecule has 0 atom stereocenters. The number of rotatable bonds is 3. The number of nitrogens with zero attached hydrogens (tertiary/aromatic N) is 1. The number of Topliss-reactive ketones (excluding diaryl/α,β-unsaturated/α-hetero) is 1. The van der Waals surface area contributed by atoms with Crippen LogP contribution < -0.4 is 0 Å². The van der Waals surface area contributed by atoms with E-state index in [9.17, 15) is 9.59 Å². The molecule has 0 aliphatic heterocycles. The van der Waals surface area contributed by atoms with E-state index in [1.807, 2.05) is 0 Å². The van der Waals surface area contributed by atoms with Gasteiger partial charge in [0, 0.05) is 18.8 Å². The summed E-state index contributed by atoms with van der Waals surface area (Å²) >= 11 is 16.8. The molecule has 0 aromatic carbocycles. The van der Waals surface area contributed by atoms with Gasteiger partial charge in [-0.15, -0.1) is 0 Å². The summed E-state index contributed by atoms with van der Waals surface area (Å²) < 4.78 is 4.74. The standard InChI is InChI=1S/C14H12Cl3NO3/c1-7-4-10(8(2)21-7)12(19)9-5-11(18(3)6-9)13(20)14(15,16)17/h4-6H,1-3H3. The van der Waals surface area contributed by atoms with Crippen molar-refractivity contribution >= 4 is 46.4 Å². The molecule has 0 amide bonds. The first-order valence-corrected chi connectivity index (χ1v) is 7.14. The summed E-state index contributed by atoms with van der Waals surface area (Å²) in [6, 6.07) is 3.06. The van der Waals surface area contributed by atoms with Crippen molar-refractivity contribution in [1.82, 2.24) is 4.57 Å². The van der Waals surface area contributed by atoms with Crippen LogP contribution in [0.5, 0.6) is 0 Å². The van der Waals surface area contributed by atoms with Gasteiger partial charge in [0.2, 0.25) is 5.78 Å². The minimum atomic E-state index is -2.06. The third-order valence-corrected chi connectivity index (χ3v) is 3.56. The molecular weight excluding hydrogens is 337 g/mol. The third-order valence-electron chi connectivity index (χ3n) is 3.04. The zero-order valence-electron chi connectivity index (χ0n) is 11.5. The monoisotopic (exact) mass is 347 g/mol. The van der Waals surface area contributed by atoms with Crippen molar-refractivity contribution in [2.24, 2.45) is 7.05 Å². The van der Waals surface area contributed by atoms with Gasteiger partial charge in [0.15, 0.2) is 5.78 Å². The molecule has 2 heterocycles. The van der Waals surface area contributed by atoms with Gasteiger partial charge in [0.05, 0.1) is 11.3 Å². The number of aromatic nitrogens is 1. The van der Waals surface area contributed by atoms with E-state index in [2.05, 4.69) is 0 Å². The average molecular weight is 349 g/mol. The maximum atomic E-state index is 12.4. The summed E-state index contributed by atoms with van der Waals surface area (Å²) in [7, 11) is 1.61. The molecule has 0 bridgehead atoms. The Morgan fingerprint density at radius 2 is 1.81 bits per heavy atom. The van der Waals surface area contributed by atoms with E-state index in [4.69, 9.17) is 39.2 Å². The summed E-state index contributed by atoms with van der Waals surface area (Å²) in [5, 5.41) is 0. The van der Waals surface area contributed by atoms with Gasteiger partial charge in [-0.1, -0.05) is 34.8 Å². The van der Waals surface area contributed by atoms with Crippen LogP contribution >= 0.6 is 34.8 Å². The summed E-state index contributed by atoms with van der Waals surface area (Å²) in [4.78, 5) is 24.4. The molecule has 0 fully saturated rings. The number of ketones is 2. The van der Waals surface area contributed by atoms with Crippen LogP contribution in [0.2, 0.25) is 0 Å². The lowest BCUT2D eigenvalue weighted by Gasteiger charge is -2.09. The second kappa shape index (κ2) is 5.52. The predicted octanol–water partition coefficient (Wildman–Crippen LogP) is 4.02. The highest BCUT2D eigenvalue weighted by Crippen LogP contribution is 2.31. The zero-order valence-corrected chi connectivity index (χ0v) is 13.8. The molecule has 112 valence electrons. The van der Waals surface area contributed by atoms with E-state index < -0.39 is 9.58 Å². The lowest BCUT2D eigenvalue weighted by atomic mass is 10.1. The molecule has 21 heavy (non-hydrogen) atoms. The van der Waals surface area contributed by atoms with Crippen LogP contribution in [-0.4, -0.2) is 19.9 Å². The fraction of sp³-hybridized carbons (Fsp3) is 0.286. The highest BCUT2D eigenvalue weighted by molar-refractivity contribution is 6.77. The Bertz CT molecular complexity index is 722. The van der Waals surface area contributed by atoms with Gasteiger partial charge < -0.3 is 8.98 Å². The average Bonchev–Trinajstić information content (AvgIpc) is 2.89. The largest absolute Gasteiger partial charge is 0.466 e. The normalized spacial score (nSPS) is 11.7. The van der Waals surface area contributed by atoms with E-state index in [0.717, 1.165) is 0 Å². The molecule has 0 aliphatic carbocycles. The number of furan rings is 1. The van der Waals surface area contributed by atoms with Crippen molar-refractivity contribution in [3.63, 3.8) is 0 Å². The molecule has 2 aromatic rings. The topological polar surface area (TPSA) is 52.2 Å². The van der Waals surface area contributed by atoms with Crippen molar-refractivity contribution in [2.75, 3.05) is 0 Å². The molecule has 0 N–H and O–H groups in total. The van der Waals surface area contributed by atoms with E-state index in [1.54, 1.807) is 27.0 Å². The van der Waals surface area contributed by atoms with Gasteiger partial charge in [0.25, 0.3) is 3.79 Å². The Balaban J connectivity index is 2.41. The Kier molecular flexibility index (Phi) is 4.24. The van der Waals surface area contributed by atoms with Crippen molar-refractivity contribution in [2.45, 2.75) is 17.6 Å². The van der Waals surface area contributed by atoms with Crippen LogP contribution in [0, 0.1) is 13.8 Å². The first-order valence-electron chi connectivity index (χ1n) is 6.01. The summed E-state index contributed by atoms with van der Waals surface area (Å²) in [5.74, 6) is 0.234. The zero-order chi connectivity index (χ0) is 15.9. The second-order valence-electron chi connectivity index (χ2n) is 4.71. The number of hydrogen-bond donors (Lipinski definition) is 0. The van der Waals surface area contributed by atoms with Crippen LogP contribution in [0.15, 0.2) is 22.7 Å². The van der Waals surface area contributed by atoms with Gasteiger partial charge in [-0.2, -0.15) is 0 Å². The Morgan fingerprint density at radius 3 is 2.29 bits per heavy atom. The van der Waals surface area contributed by atoms with E-state index in [0.29, 0.717) is 22.6 Å². The molecule has 2 aromatic heterocycles. The van der Waals surface area contributed by atoms with Crippen molar-refractivity contribution in [1.29, 1.82) is 0 Å². The van der Waals surface area contributed by atoms with Gasteiger partial charge in [0.1, 0.15) is 11.5 Å². The minimum Gasteiger partial charge on any atom is -0.466 e. The molecule has 0 saturated heterocycles. The summed E-state index contributed by atoms with van der Waals surface area (Å²) in [6.07, 6.45) is 1.52. The number of hydrogen-bond acceptors (Lipinski definition) is 3. The summed E-state index contributed by atoms with van der Waals surface area (Å²) in [6.45, 7) is 3.46. The molecule has 7 heteroatoms. The first kappa shape index (κ1) is 16.1. The quantitative estimate of drug-likeness (QED) is 0.622. The first-order chi connectivity index (χ1) is 9.61. The second-order valence-corrected chi connectivity index (χ2v) is 6.99. The molecule has 0 unspecified atom stereocenters. The smallest absolute Gasteiger partial charge is 0.255 e. The lowest BCUT2D eigenvalue weighted by molar-refractivity contribution is 0.0988. The predicted molar refractivity (Wildman–Crippen MR) is 81.6 cm³/mol. The number of alkyl halides is 3. The molecule has 0 spiro atoms. The van der Waals surface area contributed by atoms with Crippen LogP contribution in [0.1, 0.15) is 37.9 Å². The lowest BCUT2D eigenvalue weighted by Crippen LogP contribution is -2.21. The van der Waals surface area contributed by atoms with Crippen LogP contribution in [-0.2, 0) is 7.05 Å². The minimum absolute atomic E-state index is 0.149. The van der Waals surface area contributed by atoms with Crippen molar-refractivity contribution in [3.8, 4) is 0 Å².